The van der Waals surface area contributed by atoms with Crippen molar-refractivity contribution in [3.8, 4) is 0 Å². The van der Waals surface area contributed by atoms with Gasteiger partial charge in [0.05, 0.1) is 9.50 Å². The summed E-state index contributed by atoms with van der Waals surface area (Å²) in [5.41, 5.74) is 6.20. The smallest absolute Gasteiger partial charge is 0.143 e. The van der Waals surface area contributed by atoms with Gasteiger partial charge in [0.25, 0.3) is 0 Å². The van der Waals surface area contributed by atoms with E-state index in [4.69, 9.17) is 17.3 Å². The highest BCUT2D eigenvalue weighted by molar-refractivity contribution is 9.10. The highest BCUT2D eigenvalue weighted by atomic mass is 79.9. The predicted octanol–water partition coefficient (Wildman–Crippen LogP) is 4.37. The second kappa shape index (κ2) is 5.25. The van der Waals surface area contributed by atoms with E-state index in [1.54, 1.807) is 12.3 Å². The van der Waals surface area contributed by atoms with Gasteiger partial charge in [0.15, 0.2) is 0 Å². The monoisotopic (exact) mass is 332 g/mol. The molecule has 2 N–H and O–H groups in total. The fraction of sp³-hybridized carbons (Fsp3) is 0. The summed E-state index contributed by atoms with van der Waals surface area (Å²) in [4.78, 5) is 4.76. The van der Waals surface area contributed by atoms with Crippen LogP contribution < -0.4 is 5.73 Å². The van der Waals surface area contributed by atoms with Crippen LogP contribution in [0.4, 0.5) is 10.1 Å². The van der Waals surface area contributed by atoms with Gasteiger partial charge in [-0.25, -0.2) is 9.37 Å². The van der Waals surface area contributed by atoms with Gasteiger partial charge in [0.2, 0.25) is 0 Å². The number of benzene rings is 1. The molecule has 2 aromatic rings. The van der Waals surface area contributed by atoms with Crippen molar-refractivity contribution in [1.82, 2.24) is 4.98 Å². The Kier molecular flexibility index (Phi) is 3.91. The minimum Gasteiger partial charge on any atom is -0.398 e. The number of nitrogen functional groups attached to an aromatic ring is 1. The zero-order valence-electron chi connectivity index (χ0n) is 8.45. The van der Waals surface area contributed by atoms with Crippen LogP contribution in [0.1, 0.15) is 0 Å². The maximum absolute atomic E-state index is 13.3. The summed E-state index contributed by atoms with van der Waals surface area (Å²) in [6.45, 7) is 0. The van der Waals surface area contributed by atoms with Gasteiger partial charge < -0.3 is 5.73 Å². The zero-order valence-corrected chi connectivity index (χ0v) is 11.6. The first-order valence-corrected chi connectivity index (χ1v) is 6.59. The Bertz CT molecular complexity index is 565. The second-order valence-corrected chi connectivity index (χ2v) is 5.49. The van der Waals surface area contributed by atoms with Crippen LogP contribution in [0.5, 0.6) is 0 Å². The highest BCUT2D eigenvalue weighted by Crippen LogP contribution is 2.36. The number of anilines is 1. The third kappa shape index (κ3) is 2.91. The number of hydrogen-bond acceptors (Lipinski definition) is 3. The van der Waals surface area contributed by atoms with E-state index in [2.05, 4.69) is 20.9 Å². The van der Waals surface area contributed by atoms with Crippen LogP contribution in [-0.4, -0.2) is 4.98 Å². The molecule has 0 unspecified atom stereocenters. The summed E-state index contributed by atoms with van der Waals surface area (Å²) < 4.78 is 14.2. The topological polar surface area (TPSA) is 38.9 Å². The average Bonchev–Trinajstić information content (AvgIpc) is 2.29. The normalized spacial score (nSPS) is 10.5. The molecule has 2 nitrogen and oxygen atoms in total. The van der Waals surface area contributed by atoms with Crippen molar-refractivity contribution in [2.45, 2.75) is 9.92 Å². The first kappa shape index (κ1) is 12.7. The molecule has 1 heterocycles. The molecular weight excluding hydrogens is 327 g/mol. The van der Waals surface area contributed by atoms with Gasteiger partial charge in [-0.1, -0.05) is 23.4 Å². The van der Waals surface area contributed by atoms with E-state index in [1.165, 1.54) is 23.9 Å². The summed E-state index contributed by atoms with van der Waals surface area (Å²) in [5, 5.41) is 0.743. The zero-order chi connectivity index (χ0) is 12.4. The Hall–Kier alpha value is -0.780. The number of nitrogens with two attached hydrogens (primary N) is 1. The van der Waals surface area contributed by atoms with Crippen molar-refractivity contribution >= 4 is 45.0 Å². The van der Waals surface area contributed by atoms with Gasteiger partial charge >= 0.3 is 0 Å². The summed E-state index contributed by atoms with van der Waals surface area (Å²) in [6, 6.07) is 6.37. The molecule has 0 bridgehead atoms. The minimum absolute atomic E-state index is 0.0203. The molecule has 88 valence electrons. The molecule has 0 aliphatic rings. The summed E-state index contributed by atoms with van der Waals surface area (Å²) in [6.07, 6.45) is 1.66. The Balaban J connectivity index is 2.37. The van der Waals surface area contributed by atoms with E-state index >= 15 is 0 Å². The van der Waals surface area contributed by atoms with Crippen LogP contribution in [0.25, 0.3) is 0 Å². The highest BCUT2D eigenvalue weighted by Gasteiger charge is 2.10. The number of pyridine rings is 1. The molecule has 1 aromatic carbocycles. The van der Waals surface area contributed by atoms with Crippen molar-refractivity contribution in [2.75, 3.05) is 5.73 Å². The summed E-state index contributed by atoms with van der Waals surface area (Å²) >= 11 is 10.3. The van der Waals surface area contributed by atoms with Crippen LogP contribution in [0, 0.1) is 5.82 Å². The van der Waals surface area contributed by atoms with Gasteiger partial charge in [0.1, 0.15) is 10.8 Å². The van der Waals surface area contributed by atoms with Crippen molar-refractivity contribution in [2.24, 2.45) is 0 Å². The van der Waals surface area contributed by atoms with Gasteiger partial charge in [-0.3, -0.25) is 0 Å². The third-order valence-corrected chi connectivity index (χ3v) is 4.27. The lowest BCUT2D eigenvalue weighted by Crippen LogP contribution is -1.91. The van der Waals surface area contributed by atoms with Gasteiger partial charge in [-0.15, -0.1) is 0 Å². The number of rotatable bonds is 2. The molecule has 0 atom stereocenters. The Morgan fingerprint density at radius 2 is 2.18 bits per heavy atom. The van der Waals surface area contributed by atoms with E-state index in [9.17, 15) is 4.39 Å². The first-order valence-electron chi connectivity index (χ1n) is 4.61. The minimum atomic E-state index is -0.490. The lowest BCUT2D eigenvalue weighted by atomic mass is 10.3. The fourth-order valence-electron chi connectivity index (χ4n) is 1.18. The van der Waals surface area contributed by atoms with Crippen LogP contribution in [-0.2, 0) is 0 Å². The predicted molar refractivity (Wildman–Crippen MR) is 71.9 cm³/mol. The summed E-state index contributed by atoms with van der Waals surface area (Å²) in [5.74, 6) is -0.490. The fourth-order valence-corrected chi connectivity index (χ4v) is 2.68. The van der Waals surface area contributed by atoms with Crippen LogP contribution in [0.3, 0.4) is 0 Å². The van der Waals surface area contributed by atoms with Gasteiger partial charge in [-0.2, -0.15) is 0 Å². The largest absolute Gasteiger partial charge is 0.398 e. The number of halogens is 3. The Morgan fingerprint density at radius 1 is 1.41 bits per heavy atom. The molecule has 1 aromatic heterocycles. The molecule has 0 aliphatic heterocycles. The molecule has 0 saturated heterocycles. The number of nitrogens with zero attached hydrogens (tertiary/aromatic N) is 1. The van der Waals surface area contributed by atoms with E-state index < -0.39 is 5.82 Å². The Morgan fingerprint density at radius 3 is 2.88 bits per heavy atom. The van der Waals surface area contributed by atoms with Crippen LogP contribution in [0.15, 0.2) is 44.9 Å². The number of hydrogen-bond donors (Lipinski definition) is 1. The van der Waals surface area contributed by atoms with Gasteiger partial charge in [-0.05, 0) is 40.2 Å². The SMILES string of the molecule is Nc1cc(Cl)c(F)cc1Sc1ncccc1Br. The Labute approximate surface area is 116 Å². The molecular formula is C11H7BrClFN2S. The average molecular weight is 334 g/mol. The van der Waals surface area contributed by atoms with Crippen LogP contribution in [0.2, 0.25) is 5.02 Å². The maximum Gasteiger partial charge on any atom is 0.143 e. The molecule has 0 aliphatic carbocycles. The quantitative estimate of drug-likeness (QED) is 0.829. The second-order valence-electron chi connectivity index (χ2n) is 3.20. The summed E-state index contributed by atoms with van der Waals surface area (Å²) in [7, 11) is 0. The van der Waals surface area contributed by atoms with E-state index in [1.807, 2.05) is 6.07 Å². The van der Waals surface area contributed by atoms with Crippen molar-refractivity contribution in [3.63, 3.8) is 0 Å². The number of aromatic nitrogens is 1. The van der Waals surface area contributed by atoms with Crippen molar-refractivity contribution in [3.05, 3.63) is 45.8 Å². The molecule has 0 amide bonds. The molecule has 0 radical (unpaired) electrons. The van der Waals surface area contributed by atoms with Crippen LogP contribution >= 0.6 is 39.3 Å². The van der Waals surface area contributed by atoms with E-state index in [0.717, 1.165) is 9.50 Å². The third-order valence-electron chi connectivity index (χ3n) is 1.98. The standard InChI is InChI=1S/C11H7BrClFN2S/c12-6-2-1-3-16-11(6)17-10-5-8(14)7(13)4-9(10)15/h1-5H,15H2. The lowest BCUT2D eigenvalue weighted by molar-refractivity contribution is 0.625. The van der Waals surface area contributed by atoms with Gasteiger partial charge in [0, 0.05) is 16.8 Å². The molecule has 6 heteroatoms. The van der Waals surface area contributed by atoms with E-state index in [0.29, 0.717) is 10.6 Å². The molecule has 0 spiro atoms. The van der Waals surface area contributed by atoms with E-state index in [-0.39, 0.29) is 5.02 Å². The van der Waals surface area contributed by atoms with Crippen molar-refractivity contribution < 1.29 is 4.39 Å². The lowest BCUT2D eigenvalue weighted by Gasteiger charge is -2.07. The first-order chi connectivity index (χ1) is 8.08. The molecule has 0 saturated carbocycles. The maximum atomic E-state index is 13.3. The van der Waals surface area contributed by atoms with Crippen molar-refractivity contribution in [1.29, 1.82) is 0 Å². The molecule has 2 rings (SSSR count). The molecule has 17 heavy (non-hydrogen) atoms. The molecule has 0 fully saturated rings.